The Bertz CT molecular complexity index is 809. The summed E-state index contributed by atoms with van der Waals surface area (Å²) in [6, 6.07) is 3.38. The molecule has 0 radical (unpaired) electrons. The second-order valence-electron chi connectivity index (χ2n) is 5.68. The molecule has 0 atom stereocenters. The van der Waals surface area contributed by atoms with Crippen LogP contribution in [-0.2, 0) is 16.0 Å². The van der Waals surface area contributed by atoms with Gasteiger partial charge in [0.2, 0.25) is 11.8 Å². The minimum absolute atomic E-state index is 0.0331. The van der Waals surface area contributed by atoms with Crippen LogP contribution in [0, 0.1) is 11.6 Å². The molecule has 1 saturated heterocycles. The highest BCUT2D eigenvalue weighted by atomic mass is 32.1. The van der Waals surface area contributed by atoms with Crippen molar-refractivity contribution in [3.8, 4) is 0 Å². The summed E-state index contributed by atoms with van der Waals surface area (Å²) >= 11 is 1.33. The van der Waals surface area contributed by atoms with Gasteiger partial charge in [-0.1, -0.05) is 0 Å². The Labute approximate surface area is 147 Å². The van der Waals surface area contributed by atoms with Crippen LogP contribution in [0.5, 0.6) is 0 Å². The van der Waals surface area contributed by atoms with Crippen molar-refractivity contribution < 1.29 is 18.4 Å². The molecule has 2 aromatic rings. The molecule has 2 heterocycles. The number of carbonyl (C=O) groups excluding carboxylic acids is 2. The molecule has 1 fully saturated rings. The number of nitrogens with zero attached hydrogens (tertiary/aromatic N) is 3. The van der Waals surface area contributed by atoms with E-state index in [-0.39, 0.29) is 18.2 Å². The second-order valence-corrected chi connectivity index (χ2v) is 6.52. The maximum absolute atomic E-state index is 13.4. The lowest BCUT2D eigenvalue weighted by atomic mass is 10.2. The van der Waals surface area contributed by atoms with Gasteiger partial charge in [0, 0.05) is 36.6 Å². The molecule has 8 heteroatoms. The highest BCUT2D eigenvalue weighted by Gasteiger charge is 2.25. The van der Waals surface area contributed by atoms with E-state index in [1.165, 1.54) is 22.3 Å². The largest absolute Gasteiger partial charge is 0.312 e. The van der Waals surface area contributed by atoms with Crippen molar-refractivity contribution in [2.24, 2.45) is 0 Å². The zero-order chi connectivity index (χ0) is 18.0. The first-order valence-corrected chi connectivity index (χ1v) is 8.87. The second kappa shape index (κ2) is 7.26. The van der Waals surface area contributed by atoms with Crippen molar-refractivity contribution in [2.45, 2.75) is 26.2 Å². The molecule has 0 spiro atoms. The summed E-state index contributed by atoms with van der Waals surface area (Å²) in [5, 5.41) is 2.35. The van der Waals surface area contributed by atoms with Gasteiger partial charge < -0.3 is 4.90 Å². The fraction of sp³-hybridized carbons (Fsp3) is 0.353. The van der Waals surface area contributed by atoms with Gasteiger partial charge in [-0.15, -0.1) is 11.3 Å². The fourth-order valence-corrected chi connectivity index (χ4v) is 3.63. The Balaban J connectivity index is 1.73. The van der Waals surface area contributed by atoms with Gasteiger partial charge in [0.15, 0.2) is 16.8 Å². The van der Waals surface area contributed by atoms with E-state index >= 15 is 0 Å². The summed E-state index contributed by atoms with van der Waals surface area (Å²) in [5.41, 5.74) is 0.863. The zero-order valence-corrected chi connectivity index (χ0v) is 14.5. The predicted octanol–water partition coefficient (Wildman–Crippen LogP) is 3.14. The molecule has 25 heavy (non-hydrogen) atoms. The van der Waals surface area contributed by atoms with Crippen LogP contribution in [0.2, 0.25) is 0 Å². The molecule has 1 aromatic heterocycles. The smallest absolute Gasteiger partial charge is 0.233 e. The molecule has 132 valence electrons. The third-order valence-corrected chi connectivity index (χ3v) is 4.92. The van der Waals surface area contributed by atoms with E-state index in [1.54, 1.807) is 17.2 Å². The van der Waals surface area contributed by atoms with E-state index in [1.807, 2.05) is 0 Å². The topological polar surface area (TPSA) is 53.5 Å². The summed E-state index contributed by atoms with van der Waals surface area (Å²) in [6.45, 7) is 2.73. The highest BCUT2D eigenvalue weighted by Crippen LogP contribution is 2.26. The normalized spacial score (nSPS) is 14.2. The summed E-state index contributed by atoms with van der Waals surface area (Å²) in [7, 11) is 0. The monoisotopic (exact) mass is 365 g/mol. The van der Waals surface area contributed by atoms with Crippen LogP contribution in [-0.4, -0.2) is 29.9 Å². The van der Waals surface area contributed by atoms with E-state index in [2.05, 4.69) is 4.98 Å². The number of aromatic nitrogens is 1. The van der Waals surface area contributed by atoms with Crippen LogP contribution < -0.4 is 9.80 Å². The van der Waals surface area contributed by atoms with Crippen molar-refractivity contribution in [3.63, 3.8) is 0 Å². The van der Waals surface area contributed by atoms with Gasteiger partial charge in [-0.25, -0.2) is 13.8 Å². The molecular weight excluding hydrogens is 348 g/mol. The number of hydrogen-bond acceptors (Lipinski definition) is 4. The van der Waals surface area contributed by atoms with Crippen LogP contribution in [0.3, 0.4) is 0 Å². The van der Waals surface area contributed by atoms with Crippen molar-refractivity contribution in [1.29, 1.82) is 0 Å². The van der Waals surface area contributed by atoms with Crippen molar-refractivity contribution in [2.75, 3.05) is 22.9 Å². The maximum Gasteiger partial charge on any atom is 0.233 e. The standard InChI is InChI=1S/C17H17F2N3O2S/c1-2-21(12-5-6-13(18)14(19)9-12)16(24)8-11-10-25-17(20-11)22-7-3-4-15(22)23/h5-6,9-10H,2-4,7-8H2,1H3. The van der Waals surface area contributed by atoms with Gasteiger partial charge in [0.25, 0.3) is 0 Å². The van der Waals surface area contributed by atoms with Crippen molar-refractivity contribution in [1.82, 2.24) is 4.98 Å². The molecule has 0 bridgehead atoms. The average molecular weight is 365 g/mol. The lowest BCUT2D eigenvalue weighted by Gasteiger charge is -2.20. The molecule has 1 aliphatic rings. The molecular formula is C17H17F2N3O2S. The zero-order valence-electron chi connectivity index (χ0n) is 13.7. The van der Waals surface area contributed by atoms with Gasteiger partial charge in [0.1, 0.15) is 0 Å². The number of carbonyl (C=O) groups is 2. The van der Waals surface area contributed by atoms with Gasteiger partial charge >= 0.3 is 0 Å². The molecule has 1 aliphatic heterocycles. The molecule has 0 unspecified atom stereocenters. The third kappa shape index (κ3) is 3.68. The predicted molar refractivity (Wildman–Crippen MR) is 91.8 cm³/mol. The van der Waals surface area contributed by atoms with Gasteiger partial charge in [-0.3, -0.25) is 14.5 Å². The van der Waals surface area contributed by atoms with Crippen molar-refractivity contribution >= 4 is 34.0 Å². The summed E-state index contributed by atoms with van der Waals surface area (Å²) in [4.78, 5) is 31.7. The van der Waals surface area contributed by atoms with Crippen LogP contribution in [0.15, 0.2) is 23.6 Å². The van der Waals surface area contributed by atoms with E-state index in [0.29, 0.717) is 36.0 Å². The quantitative estimate of drug-likeness (QED) is 0.818. The maximum atomic E-state index is 13.4. The summed E-state index contributed by atoms with van der Waals surface area (Å²) < 4.78 is 26.5. The number of halogens is 2. The first-order valence-electron chi connectivity index (χ1n) is 7.99. The lowest BCUT2D eigenvalue weighted by molar-refractivity contribution is -0.118. The molecule has 0 saturated carbocycles. The number of likely N-dealkylation sites (N-methyl/N-ethyl adjacent to an activating group) is 1. The minimum Gasteiger partial charge on any atom is -0.312 e. The van der Waals surface area contributed by atoms with Gasteiger partial charge in [-0.05, 0) is 25.5 Å². The number of thiazole rings is 1. The van der Waals surface area contributed by atoms with Gasteiger partial charge in [-0.2, -0.15) is 0 Å². The van der Waals surface area contributed by atoms with Crippen LogP contribution in [0.4, 0.5) is 19.6 Å². The Kier molecular flexibility index (Phi) is 5.08. The summed E-state index contributed by atoms with van der Waals surface area (Å²) in [5.74, 6) is -2.17. The first kappa shape index (κ1) is 17.5. The SMILES string of the molecule is CCN(C(=O)Cc1csc(N2CCCC2=O)n1)c1ccc(F)c(F)c1. The Morgan fingerprint density at radius 3 is 2.80 bits per heavy atom. The number of amides is 2. The van der Waals surface area contributed by atoms with E-state index in [0.717, 1.165) is 18.6 Å². The average Bonchev–Trinajstić information content (AvgIpc) is 3.20. The molecule has 2 amide bonds. The highest BCUT2D eigenvalue weighted by molar-refractivity contribution is 7.14. The Hall–Kier alpha value is -2.35. The molecule has 5 nitrogen and oxygen atoms in total. The molecule has 3 rings (SSSR count). The molecule has 0 N–H and O–H groups in total. The Morgan fingerprint density at radius 2 is 2.16 bits per heavy atom. The van der Waals surface area contributed by atoms with E-state index < -0.39 is 11.6 Å². The molecule has 0 aliphatic carbocycles. The van der Waals surface area contributed by atoms with Crippen LogP contribution >= 0.6 is 11.3 Å². The minimum atomic E-state index is -0.993. The Morgan fingerprint density at radius 1 is 1.36 bits per heavy atom. The van der Waals surface area contributed by atoms with Gasteiger partial charge in [0.05, 0.1) is 12.1 Å². The third-order valence-electron chi connectivity index (χ3n) is 4.01. The lowest BCUT2D eigenvalue weighted by Crippen LogP contribution is -2.32. The number of anilines is 2. The van der Waals surface area contributed by atoms with Crippen molar-refractivity contribution in [3.05, 3.63) is 40.9 Å². The fourth-order valence-electron chi connectivity index (χ4n) is 2.76. The van der Waals surface area contributed by atoms with Crippen LogP contribution in [0.25, 0.3) is 0 Å². The van der Waals surface area contributed by atoms with Crippen LogP contribution in [0.1, 0.15) is 25.5 Å². The first-order chi connectivity index (χ1) is 12.0. The summed E-state index contributed by atoms with van der Waals surface area (Å²) in [6.07, 6.45) is 1.37. The van der Waals surface area contributed by atoms with E-state index in [4.69, 9.17) is 0 Å². The molecule has 1 aromatic carbocycles. The van der Waals surface area contributed by atoms with E-state index in [9.17, 15) is 18.4 Å². The number of rotatable bonds is 5. The number of hydrogen-bond donors (Lipinski definition) is 0. The number of benzene rings is 1.